The van der Waals surface area contributed by atoms with Crippen molar-refractivity contribution in [1.29, 1.82) is 0 Å². The predicted molar refractivity (Wildman–Crippen MR) is 137 cm³/mol. The Labute approximate surface area is 210 Å². The summed E-state index contributed by atoms with van der Waals surface area (Å²) in [6.45, 7) is 2.73. The zero-order valence-electron chi connectivity index (χ0n) is 20.3. The number of aromatic amines is 1. The minimum atomic E-state index is -0.0613. The van der Waals surface area contributed by atoms with Crippen LogP contribution in [0.5, 0.6) is 5.88 Å². The molecule has 1 amide bonds. The van der Waals surface area contributed by atoms with E-state index in [-0.39, 0.29) is 29.9 Å². The fourth-order valence-electron chi connectivity index (χ4n) is 5.28. The van der Waals surface area contributed by atoms with Gasteiger partial charge in [0.15, 0.2) is 0 Å². The lowest BCUT2D eigenvalue weighted by Crippen LogP contribution is -2.45. The van der Waals surface area contributed by atoms with Crippen LogP contribution in [0.4, 0.5) is 0 Å². The summed E-state index contributed by atoms with van der Waals surface area (Å²) in [5.74, 6) is 1.96. The van der Waals surface area contributed by atoms with E-state index in [2.05, 4.69) is 27.1 Å². The molecule has 8 heteroatoms. The molecule has 1 saturated heterocycles. The largest absolute Gasteiger partial charge is 0.474 e. The lowest BCUT2D eigenvalue weighted by molar-refractivity contribution is -0.141. The minimum absolute atomic E-state index is 0.0365. The van der Waals surface area contributed by atoms with Gasteiger partial charge in [0, 0.05) is 37.5 Å². The highest BCUT2D eigenvalue weighted by atomic mass is 16.5. The molecule has 1 saturated carbocycles. The quantitative estimate of drug-likeness (QED) is 0.546. The molecule has 0 bridgehead atoms. The average molecular weight is 486 g/mol. The van der Waals surface area contributed by atoms with E-state index in [9.17, 15) is 4.79 Å². The SMILES string of the molecule is O=C(C1CCC(Oc2ccc(C3C=CC(c4nc5ccccc5[nH]4)C=N3)cn2)CC1)N1CCOCC1. The number of rotatable bonds is 5. The normalized spacial score (nSPS) is 26.3. The second-order valence-electron chi connectivity index (χ2n) is 9.75. The van der Waals surface area contributed by atoms with Crippen molar-refractivity contribution < 1.29 is 14.3 Å². The number of carbonyl (C=O) groups is 1. The van der Waals surface area contributed by atoms with Gasteiger partial charge in [-0.2, -0.15) is 0 Å². The molecule has 186 valence electrons. The fourth-order valence-corrected chi connectivity index (χ4v) is 5.28. The number of benzene rings is 1. The van der Waals surface area contributed by atoms with Crippen LogP contribution in [0, 0.1) is 5.92 Å². The van der Waals surface area contributed by atoms with Crippen LogP contribution < -0.4 is 4.74 Å². The van der Waals surface area contributed by atoms with Crippen molar-refractivity contribution in [2.75, 3.05) is 26.3 Å². The highest BCUT2D eigenvalue weighted by Crippen LogP contribution is 2.30. The van der Waals surface area contributed by atoms with E-state index in [4.69, 9.17) is 14.5 Å². The average Bonchev–Trinajstić information content (AvgIpc) is 3.39. The number of carbonyl (C=O) groups excluding carboxylic acids is 1. The summed E-state index contributed by atoms with van der Waals surface area (Å²) in [6.07, 6.45) is 11.6. The van der Waals surface area contributed by atoms with Gasteiger partial charge in [-0.25, -0.2) is 9.97 Å². The van der Waals surface area contributed by atoms with Crippen LogP contribution in [0.25, 0.3) is 11.0 Å². The topological polar surface area (TPSA) is 92.7 Å². The third-order valence-corrected chi connectivity index (χ3v) is 7.37. The van der Waals surface area contributed by atoms with Crippen molar-refractivity contribution in [3.05, 3.63) is 66.1 Å². The molecule has 2 fully saturated rings. The second kappa shape index (κ2) is 10.2. The van der Waals surface area contributed by atoms with Crippen LogP contribution in [0.2, 0.25) is 0 Å². The number of nitrogens with zero attached hydrogens (tertiary/aromatic N) is 4. The number of hydrogen-bond acceptors (Lipinski definition) is 6. The van der Waals surface area contributed by atoms with Gasteiger partial charge < -0.3 is 19.4 Å². The number of amides is 1. The molecule has 1 aliphatic carbocycles. The smallest absolute Gasteiger partial charge is 0.225 e. The summed E-state index contributed by atoms with van der Waals surface area (Å²) in [6, 6.07) is 11.9. The molecule has 36 heavy (non-hydrogen) atoms. The number of fused-ring (bicyclic) bond motifs is 1. The lowest BCUT2D eigenvalue weighted by Gasteiger charge is -2.33. The zero-order chi connectivity index (χ0) is 24.3. The fraction of sp³-hybridized carbons (Fsp3) is 0.429. The summed E-state index contributed by atoms with van der Waals surface area (Å²) in [5.41, 5.74) is 3.03. The van der Waals surface area contributed by atoms with E-state index in [1.165, 1.54) is 0 Å². The standard InChI is InChI=1S/C28H31N5O3/c34-28(33-13-15-35-16-14-33)19-5-9-22(10-6-19)36-26-12-8-20(17-30-26)23-11-7-21(18-29-23)27-31-24-3-1-2-4-25(24)32-27/h1-4,7-8,11-12,17-19,21-23H,5-6,9-10,13-16H2,(H,31,32). The number of morpholine rings is 1. The molecule has 2 aromatic heterocycles. The molecule has 6 rings (SSSR count). The Hall–Kier alpha value is -3.52. The van der Waals surface area contributed by atoms with Crippen molar-refractivity contribution >= 4 is 23.2 Å². The molecule has 4 heterocycles. The zero-order valence-corrected chi connectivity index (χ0v) is 20.3. The number of hydrogen-bond donors (Lipinski definition) is 1. The predicted octanol–water partition coefficient (Wildman–Crippen LogP) is 4.22. The molecule has 0 radical (unpaired) electrons. The highest BCUT2D eigenvalue weighted by molar-refractivity contribution is 5.79. The minimum Gasteiger partial charge on any atom is -0.474 e. The van der Waals surface area contributed by atoms with Crippen molar-refractivity contribution in [3.8, 4) is 5.88 Å². The summed E-state index contributed by atoms with van der Waals surface area (Å²) < 4.78 is 11.5. The van der Waals surface area contributed by atoms with Crippen molar-refractivity contribution in [1.82, 2.24) is 19.9 Å². The van der Waals surface area contributed by atoms with Crippen LogP contribution in [0.3, 0.4) is 0 Å². The molecular weight excluding hydrogens is 454 g/mol. The van der Waals surface area contributed by atoms with E-state index in [1.807, 2.05) is 53.7 Å². The molecule has 2 atom stereocenters. The van der Waals surface area contributed by atoms with Gasteiger partial charge in [-0.15, -0.1) is 0 Å². The first-order valence-electron chi connectivity index (χ1n) is 12.9. The first-order valence-corrected chi connectivity index (χ1v) is 12.9. The number of aromatic nitrogens is 3. The Morgan fingerprint density at radius 3 is 2.58 bits per heavy atom. The molecular formula is C28H31N5O3. The highest BCUT2D eigenvalue weighted by Gasteiger charge is 2.31. The number of nitrogens with one attached hydrogen (secondary N) is 1. The molecule has 2 unspecified atom stereocenters. The number of allylic oxidation sites excluding steroid dienone is 1. The number of ether oxygens (including phenoxy) is 2. The Morgan fingerprint density at radius 2 is 1.86 bits per heavy atom. The molecule has 1 N–H and O–H groups in total. The maximum atomic E-state index is 12.7. The van der Waals surface area contributed by atoms with Crippen molar-refractivity contribution in [3.63, 3.8) is 0 Å². The number of dihydropyridines is 1. The summed E-state index contributed by atoms with van der Waals surface area (Å²) in [4.78, 5) is 32.1. The molecule has 3 aromatic rings. The summed E-state index contributed by atoms with van der Waals surface area (Å²) >= 11 is 0. The number of imidazole rings is 1. The Kier molecular flexibility index (Phi) is 6.51. The maximum Gasteiger partial charge on any atom is 0.225 e. The molecule has 3 aliphatic rings. The van der Waals surface area contributed by atoms with Gasteiger partial charge >= 0.3 is 0 Å². The molecule has 8 nitrogen and oxygen atoms in total. The monoisotopic (exact) mass is 485 g/mol. The first kappa shape index (κ1) is 22.9. The van der Waals surface area contributed by atoms with Crippen molar-refractivity contribution in [2.24, 2.45) is 10.9 Å². The lowest BCUT2D eigenvalue weighted by atomic mass is 9.86. The van der Waals surface area contributed by atoms with E-state index < -0.39 is 0 Å². The van der Waals surface area contributed by atoms with Crippen LogP contribution in [-0.2, 0) is 9.53 Å². The van der Waals surface area contributed by atoms with Gasteiger partial charge in [0.2, 0.25) is 11.8 Å². The van der Waals surface area contributed by atoms with E-state index >= 15 is 0 Å². The molecule has 2 aliphatic heterocycles. The Morgan fingerprint density at radius 1 is 1.03 bits per heavy atom. The van der Waals surface area contributed by atoms with Gasteiger partial charge in [0.05, 0.1) is 36.2 Å². The van der Waals surface area contributed by atoms with Gasteiger partial charge in [0.1, 0.15) is 11.9 Å². The van der Waals surface area contributed by atoms with E-state index in [1.54, 1.807) is 0 Å². The molecule has 1 aromatic carbocycles. The van der Waals surface area contributed by atoms with Crippen LogP contribution in [0.1, 0.15) is 49.0 Å². The van der Waals surface area contributed by atoms with Crippen LogP contribution in [0.15, 0.2) is 59.7 Å². The van der Waals surface area contributed by atoms with E-state index in [0.29, 0.717) is 32.2 Å². The maximum absolute atomic E-state index is 12.7. The van der Waals surface area contributed by atoms with Crippen LogP contribution >= 0.6 is 0 Å². The number of aliphatic imine (C=N–C) groups is 1. The van der Waals surface area contributed by atoms with Gasteiger partial charge in [0.25, 0.3) is 0 Å². The summed E-state index contributed by atoms with van der Waals surface area (Å²) in [7, 11) is 0. The first-order chi connectivity index (χ1) is 17.7. The van der Waals surface area contributed by atoms with Crippen LogP contribution in [-0.4, -0.2) is 64.4 Å². The Bertz CT molecular complexity index is 1210. The van der Waals surface area contributed by atoms with Gasteiger partial charge in [-0.1, -0.05) is 24.3 Å². The number of H-pyrrole nitrogens is 1. The Balaban J connectivity index is 1.01. The summed E-state index contributed by atoms with van der Waals surface area (Å²) in [5, 5.41) is 0. The number of para-hydroxylation sites is 2. The molecule has 0 spiro atoms. The van der Waals surface area contributed by atoms with E-state index in [0.717, 1.165) is 48.1 Å². The third-order valence-electron chi connectivity index (χ3n) is 7.37. The van der Waals surface area contributed by atoms with Gasteiger partial charge in [-0.3, -0.25) is 9.79 Å². The third kappa shape index (κ3) is 4.91. The number of pyridine rings is 1. The van der Waals surface area contributed by atoms with Gasteiger partial charge in [-0.05, 0) is 49.4 Å². The second-order valence-corrected chi connectivity index (χ2v) is 9.75. The van der Waals surface area contributed by atoms with Crippen molar-refractivity contribution in [2.45, 2.75) is 43.7 Å².